The number of hydrogen-bond acceptors (Lipinski definition) is 7. The molecular weight excluding hydrogens is 386 g/mol. The van der Waals surface area contributed by atoms with Gasteiger partial charge in [0.25, 0.3) is 5.91 Å². The molecule has 0 saturated heterocycles. The van der Waals surface area contributed by atoms with E-state index in [-0.39, 0.29) is 12.5 Å². The molecule has 30 heavy (non-hydrogen) atoms. The third-order valence-electron chi connectivity index (χ3n) is 5.06. The summed E-state index contributed by atoms with van der Waals surface area (Å²) in [6, 6.07) is 7.41. The first kappa shape index (κ1) is 26.5. The highest BCUT2D eigenvalue weighted by Gasteiger charge is 2.25. The zero-order valence-corrected chi connectivity index (χ0v) is 18.3. The summed E-state index contributed by atoms with van der Waals surface area (Å²) in [5.74, 6) is -0.159. The van der Waals surface area contributed by atoms with Crippen LogP contribution in [0.2, 0.25) is 0 Å². The Bertz CT molecular complexity index is 585. The predicted molar refractivity (Wildman–Crippen MR) is 117 cm³/mol. The molecule has 0 aliphatic heterocycles. The number of unbranched alkanes of at least 4 members (excludes halogenated alkanes) is 3. The molecule has 0 bridgehead atoms. The lowest BCUT2D eigenvalue weighted by molar-refractivity contribution is -0.0840. The Kier molecular flexibility index (Phi) is 13.5. The van der Waals surface area contributed by atoms with Gasteiger partial charge in [0, 0.05) is 31.7 Å². The van der Waals surface area contributed by atoms with Gasteiger partial charge in [-0.05, 0) is 37.7 Å². The summed E-state index contributed by atoms with van der Waals surface area (Å²) >= 11 is 0. The van der Waals surface area contributed by atoms with Crippen LogP contribution in [0.4, 0.5) is 0 Å². The molecule has 0 aliphatic rings. The van der Waals surface area contributed by atoms with Gasteiger partial charge < -0.3 is 31.1 Å². The van der Waals surface area contributed by atoms with Crippen LogP contribution in [0, 0.1) is 0 Å². The Morgan fingerprint density at radius 1 is 1.03 bits per heavy atom. The topological polar surface area (TPSA) is 125 Å². The number of carbonyl (C=O) groups excluding carboxylic acids is 1. The summed E-state index contributed by atoms with van der Waals surface area (Å²) in [6.45, 7) is 4.04. The fourth-order valence-corrected chi connectivity index (χ4v) is 3.20. The van der Waals surface area contributed by atoms with Gasteiger partial charge in [0.2, 0.25) is 0 Å². The van der Waals surface area contributed by atoms with Gasteiger partial charge in [0.1, 0.15) is 12.2 Å². The highest BCUT2D eigenvalue weighted by molar-refractivity contribution is 5.94. The van der Waals surface area contributed by atoms with E-state index in [0.29, 0.717) is 25.2 Å². The average molecular weight is 426 g/mol. The van der Waals surface area contributed by atoms with Gasteiger partial charge in [-0.2, -0.15) is 0 Å². The zero-order chi connectivity index (χ0) is 22.4. The number of amides is 1. The van der Waals surface area contributed by atoms with E-state index in [0.717, 1.165) is 37.8 Å². The molecule has 0 aliphatic carbocycles. The second kappa shape index (κ2) is 15.3. The molecule has 0 heterocycles. The summed E-state index contributed by atoms with van der Waals surface area (Å²) in [5, 5.41) is 44.6. The maximum absolute atomic E-state index is 12.4. The molecule has 172 valence electrons. The van der Waals surface area contributed by atoms with Gasteiger partial charge in [-0.3, -0.25) is 9.69 Å². The quantitative estimate of drug-likeness (QED) is 0.207. The van der Waals surface area contributed by atoms with Crippen molar-refractivity contribution in [2.45, 2.75) is 57.5 Å². The van der Waals surface area contributed by atoms with Crippen molar-refractivity contribution in [3.05, 3.63) is 35.4 Å². The smallest absolute Gasteiger partial charge is 0.251 e. The second-order valence-corrected chi connectivity index (χ2v) is 7.65. The number of rotatable bonds is 16. The van der Waals surface area contributed by atoms with E-state index in [9.17, 15) is 20.1 Å². The minimum atomic E-state index is -1.42. The zero-order valence-electron chi connectivity index (χ0n) is 18.3. The van der Waals surface area contributed by atoms with E-state index in [4.69, 9.17) is 5.11 Å². The minimum absolute atomic E-state index is 0.152. The Morgan fingerprint density at radius 2 is 1.73 bits per heavy atom. The lowest BCUT2D eigenvalue weighted by Crippen LogP contribution is -2.47. The first-order valence-corrected chi connectivity index (χ1v) is 10.8. The van der Waals surface area contributed by atoms with Crippen LogP contribution >= 0.6 is 0 Å². The van der Waals surface area contributed by atoms with Crippen LogP contribution in [0.25, 0.3) is 0 Å². The van der Waals surface area contributed by atoms with Crippen molar-refractivity contribution in [2.75, 3.05) is 39.8 Å². The summed E-state index contributed by atoms with van der Waals surface area (Å²) in [7, 11) is 1.87. The van der Waals surface area contributed by atoms with Crippen LogP contribution in [0.5, 0.6) is 0 Å². The summed E-state index contributed by atoms with van der Waals surface area (Å²) in [6.07, 6.45) is 0.270. The number of carbonyl (C=O) groups is 1. The minimum Gasteiger partial charge on any atom is -0.394 e. The Labute approximate surface area is 179 Å². The van der Waals surface area contributed by atoms with Crippen LogP contribution < -0.4 is 10.6 Å². The molecule has 1 aromatic rings. The van der Waals surface area contributed by atoms with Crippen LogP contribution in [0.3, 0.4) is 0 Å². The number of hydrogen-bond donors (Lipinski definition) is 6. The standard InChI is InChI=1S/C22H39N3O5/c1-3-4-5-6-12-25(15-19(27)21(29)20(28)16-26)13-11-24-22(30)18-9-7-17(8-10-18)14-23-2/h7-10,19-21,23,26-29H,3-6,11-16H2,1-2H3,(H,24,30). The largest absolute Gasteiger partial charge is 0.394 e. The third kappa shape index (κ3) is 9.97. The Hall–Kier alpha value is -1.55. The van der Waals surface area contributed by atoms with Crippen molar-refractivity contribution < 1.29 is 25.2 Å². The van der Waals surface area contributed by atoms with Crippen LogP contribution in [-0.4, -0.2) is 89.4 Å². The maximum Gasteiger partial charge on any atom is 0.251 e. The van der Waals surface area contributed by atoms with Crippen LogP contribution in [-0.2, 0) is 6.54 Å². The van der Waals surface area contributed by atoms with Gasteiger partial charge in [0.15, 0.2) is 0 Å². The molecule has 0 spiro atoms. The SMILES string of the molecule is CCCCCCN(CCNC(=O)c1ccc(CNC)cc1)CC(O)C(O)C(O)CO. The first-order valence-electron chi connectivity index (χ1n) is 10.8. The lowest BCUT2D eigenvalue weighted by atomic mass is 10.1. The number of aliphatic hydroxyl groups excluding tert-OH is 4. The van der Waals surface area contributed by atoms with E-state index in [1.807, 2.05) is 24.1 Å². The number of nitrogens with zero attached hydrogens (tertiary/aromatic N) is 1. The number of aliphatic hydroxyl groups is 4. The normalized spacial score (nSPS) is 14.5. The second-order valence-electron chi connectivity index (χ2n) is 7.65. The van der Waals surface area contributed by atoms with Gasteiger partial charge in [-0.1, -0.05) is 38.3 Å². The maximum atomic E-state index is 12.4. The van der Waals surface area contributed by atoms with Crippen molar-refractivity contribution in [1.29, 1.82) is 0 Å². The Morgan fingerprint density at radius 3 is 2.33 bits per heavy atom. The van der Waals surface area contributed by atoms with E-state index in [2.05, 4.69) is 17.6 Å². The molecule has 8 nitrogen and oxygen atoms in total. The van der Waals surface area contributed by atoms with E-state index in [1.54, 1.807) is 12.1 Å². The summed E-state index contributed by atoms with van der Waals surface area (Å²) in [5.41, 5.74) is 1.69. The van der Waals surface area contributed by atoms with Gasteiger partial charge >= 0.3 is 0 Å². The molecule has 0 aromatic heterocycles. The molecule has 1 amide bonds. The van der Waals surface area contributed by atoms with E-state index >= 15 is 0 Å². The monoisotopic (exact) mass is 425 g/mol. The molecule has 0 radical (unpaired) electrons. The molecule has 0 fully saturated rings. The molecule has 8 heteroatoms. The lowest BCUT2D eigenvalue weighted by Gasteiger charge is -2.29. The van der Waals surface area contributed by atoms with Crippen molar-refractivity contribution >= 4 is 5.91 Å². The predicted octanol–water partition coefficient (Wildman–Crippen LogP) is 0.0931. The van der Waals surface area contributed by atoms with Crippen molar-refractivity contribution in [3.8, 4) is 0 Å². The molecular formula is C22H39N3O5. The molecule has 1 aromatic carbocycles. The van der Waals surface area contributed by atoms with E-state index < -0.39 is 24.9 Å². The molecule has 1 rings (SSSR count). The highest BCUT2D eigenvalue weighted by Crippen LogP contribution is 2.07. The number of nitrogens with one attached hydrogen (secondary N) is 2. The van der Waals surface area contributed by atoms with Crippen LogP contribution in [0.15, 0.2) is 24.3 Å². The fraction of sp³-hybridized carbons (Fsp3) is 0.682. The fourth-order valence-electron chi connectivity index (χ4n) is 3.20. The average Bonchev–Trinajstić information content (AvgIpc) is 2.75. The van der Waals surface area contributed by atoms with Gasteiger partial charge in [-0.15, -0.1) is 0 Å². The number of benzene rings is 1. The molecule has 6 N–H and O–H groups in total. The highest BCUT2D eigenvalue weighted by atomic mass is 16.4. The Balaban J connectivity index is 2.55. The first-order chi connectivity index (χ1) is 14.4. The van der Waals surface area contributed by atoms with Crippen molar-refractivity contribution in [2.24, 2.45) is 0 Å². The van der Waals surface area contributed by atoms with Crippen LogP contribution in [0.1, 0.15) is 48.5 Å². The molecule has 3 unspecified atom stereocenters. The van der Waals surface area contributed by atoms with Gasteiger partial charge in [0.05, 0.1) is 12.7 Å². The molecule has 3 atom stereocenters. The van der Waals surface area contributed by atoms with Gasteiger partial charge in [-0.25, -0.2) is 0 Å². The summed E-state index contributed by atoms with van der Waals surface area (Å²) < 4.78 is 0. The third-order valence-corrected chi connectivity index (χ3v) is 5.06. The van der Waals surface area contributed by atoms with Crippen molar-refractivity contribution in [3.63, 3.8) is 0 Å². The summed E-state index contributed by atoms with van der Waals surface area (Å²) in [4.78, 5) is 14.3. The van der Waals surface area contributed by atoms with E-state index in [1.165, 1.54) is 0 Å². The van der Waals surface area contributed by atoms with Crippen molar-refractivity contribution in [1.82, 2.24) is 15.5 Å². The molecule has 0 saturated carbocycles.